The van der Waals surface area contributed by atoms with E-state index in [1.165, 1.54) is 12.8 Å². The minimum absolute atomic E-state index is 0.177. The van der Waals surface area contributed by atoms with Crippen LogP contribution < -0.4 is 0 Å². The first kappa shape index (κ1) is 9.88. The highest BCUT2D eigenvalue weighted by Gasteiger charge is 2.15. The highest BCUT2D eigenvalue weighted by Crippen LogP contribution is 2.18. The molecular formula is C9H15NOS. The zero-order valence-corrected chi connectivity index (χ0v) is 8.27. The van der Waals surface area contributed by atoms with Crippen LogP contribution in [-0.2, 0) is 4.74 Å². The first-order valence-electron chi connectivity index (χ1n) is 4.42. The van der Waals surface area contributed by atoms with E-state index in [-0.39, 0.29) is 5.92 Å². The Hall–Kier alpha value is -0.200. The molecule has 0 N–H and O–H groups in total. The molecule has 0 radical (unpaired) electrons. The van der Waals surface area contributed by atoms with E-state index in [2.05, 4.69) is 6.07 Å². The van der Waals surface area contributed by atoms with Gasteiger partial charge in [-0.05, 0) is 19.8 Å². The van der Waals surface area contributed by atoms with Crippen molar-refractivity contribution in [3.8, 4) is 6.07 Å². The number of hydrogen-bond acceptors (Lipinski definition) is 3. The van der Waals surface area contributed by atoms with E-state index >= 15 is 0 Å². The molecule has 0 spiro atoms. The molecule has 68 valence electrons. The fraction of sp³-hybridized carbons (Fsp3) is 0.889. The minimum Gasteiger partial charge on any atom is -0.377 e. The first-order chi connectivity index (χ1) is 5.83. The highest BCUT2D eigenvalue weighted by atomic mass is 32.2. The molecule has 2 atom stereocenters. The molecule has 0 amide bonds. The second-order valence-electron chi connectivity index (χ2n) is 3.20. The normalized spacial score (nSPS) is 25.2. The summed E-state index contributed by atoms with van der Waals surface area (Å²) in [7, 11) is 0. The van der Waals surface area contributed by atoms with Crippen LogP contribution in [0.4, 0.5) is 0 Å². The summed E-state index contributed by atoms with van der Waals surface area (Å²) >= 11 is 1.84. The Balaban J connectivity index is 1.98. The Kier molecular flexibility index (Phi) is 4.49. The Morgan fingerprint density at radius 2 is 2.58 bits per heavy atom. The lowest BCUT2D eigenvalue weighted by Crippen LogP contribution is -2.09. The van der Waals surface area contributed by atoms with Crippen molar-refractivity contribution in [3.05, 3.63) is 0 Å². The lowest BCUT2D eigenvalue weighted by Gasteiger charge is -2.08. The second-order valence-corrected chi connectivity index (χ2v) is 4.28. The summed E-state index contributed by atoms with van der Waals surface area (Å²) < 4.78 is 5.46. The van der Waals surface area contributed by atoms with Crippen LogP contribution in [0, 0.1) is 17.2 Å². The summed E-state index contributed by atoms with van der Waals surface area (Å²) in [5, 5.41) is 8.53. The van der Waals surface area contributed by atoms with Gasteiger partial charge >= 0.3 is 0 Å². The average molecular weight is 185 g/mol. The number of rotatable bonds is 4. The van der Waals surface area contributed by atoms with Crippen LogP contribution in [-0.4, -0.2) is 24.2 Å². The van der Waals surface area contributed by atoms with Gasteiger partial charge in [-0.25, -0.2) is 0 Å². The molecule has 2 unspecified atom stereocenters. The molecule has 1 heterocycles. The van der Waals surface area contributed by atoms with Gasteiger partial charge in [0, 0.05) is 18.1 Å². The van der Waals surface area contributed by atoms with Gasteiger partial charge in [-0.1, -0.05) is 0 Å². The number of thioether (sulfide) groups is 1. The predicted octanol–water partition coefficient (Wildman–Crippen LogP) is 2.06. The fourth-order valence-corrected chi connectivity index (χ4v) is 2.28. The van der Waals surface area contributed by atoms with Crippen molar-refractivity contribution in [1.82, 2.24) is 0 Å². The van der Waals surface area contributed by atoms with Crippen molar-refractivity contribution in [3.63, 3.8) is 0 Å². The van der Waals surface area contributed by atoms with E-state index in [4.69, 9.17) is 10.00 Å². The van der Waals surface area contributed by atoms with Crippen molar-refractivity contribution in [2.24, 2.45) is 5.92 Å². The monoisotopic (exact) mass is 185 g/mol. The van der Waals surface area contributed by atoms with E-state index in [9.17, 15) is 0 Å². The van der Waals surface area contributed by atoms with Gasteiger partial charge in [-0.15, -0.1) is 0 Å². The largest absolute Gasteiger partial charge is 0.377 e. The molecule has 1 aliphatic rings. The Morgan fingerprint density at radius 1 is 1.75 bits per heavy atom. The zero-order valence-electron chi connectivity index (χ0n) is 7.45. The van der Waals surface area contributed by atoms with Crippen molar-refractivity contribution >= 4 is 11.8 Å². The molecule has 0 aromatic heterocycles. The van der Waals surface area contributed by atoms with Crippen LogP contribution in [0.2, 0.25) is 0 Å². The molecule has 0 aromatic carbocycles. The molecule has 2 nitrogen and oxygen atoms in total. The van der Waals surface area contributed by atoms with Crippen molar-refractivity contribution < 1.29 is 4.74 Å². The van der Waals surface area contributed by atoms with Crippen molar-refractivity contribution in [2.75, 3.05) is 18.1 Å². The molecule has 1 saturated heterocycles. The average Bonchev–Trinajstić information content (AvgIpc) is 2.57. The molecule has 0 saturated carbocycles. The van der Waals surface area contributed by atoms with E-state index in [1.54, 1.807) is 0 Å². The van der Waals surface area contributed by atoms with Gasteiger partial charge in [0.05, 0.1) is 18.1 Å². The quantitative estimate of drug-likeness (QED) is 0.672. The summed E-state index contributed by atoms with van der Waals surface area (Å²) in [6.07, 6.45) is 2.87. The lowest BCUT2D eigenvalue weighted by atomic mass is 10.3. The molecule has 0 aliphatic carbocycles. The van der Waals surface area contributed by atoms with Crippen LogP contribution >= 0.6 is 11.8 Å². The third-order valence-corrected chi connectivity index (χ3v) is 3.26. The standard InChI is InChI=1S/C9H15NOS/c1-8(5-10)6-12-7-9-3-2-4-11-9/h8-9H,2-4,6-7H2,1H3. The Bertz CT molecular complexity index is 160. The third-order valence-electron chi connectivity index (χ3n) is 1.92. The van der Waals surface area contributed by atoms with E-state index in [0.717, 1.165) is 18.1 Å². The van der Waals surface area contributed by atoms with Crippen LogP contribution in [0.15, 0.2) is 0 Å². The van der Waals surface area contributed by atoms with Crippen LogP contribution in [0.3, 0.4) is 0 Å². The van der Waals surface area contributed by atoms with Gasteiger partial charge in [0.25, 0.3) is 0 Å². The van der Waals surface area contributed by atoms with E-state index < -0.39 is 0 Å². The van der Waals surface area contributed by atoms with Gasteiger partial charge in [0.1, 0.15) is 0 Å². The Morgan fingerprint density at radius 3 is 3.17 bits per heavy atom. The fourth-order valence-electron chi connectivity index (χ4n) is 1.19. The van der Waals surface area contributed by atoms with Crippen molar-refractivity contribution in [2.45, 2.75) is 25.9 Å². The number of ether oxygens (including phenoxy) is 1. The molecule has 1 fully saturated rings. The maximum absolute atomic E-state index is 8.53. The van der Waals surface area contributed by atoms with Gasteiger partial charge in [-0.3, -0.25) is 0 Å². The molecule has 1 rings (SSSR count). The molecule has 0 aromatic rings. The summed E-state index contributed by atoms with van der Waals surface area (Å²) in [6, 6.07) is 2.23. The molecular weight excluding hydrogens is 170 g/mol. The Labute approximate surface area is 78.3 Å². The van der Waals surface area contributed by atoms with E-state index in [1.807, 2.05) is 18.7 Å². The molecule has 12 heavy (non-hydrogen) atoms. The SMILES string of the molecule is CC(C#N)CSCC1CCCO1. The first-order valence-corrected chi connectivity index (χ1v) is 5.57. The van der Waals surface area contributed by atoms with Gasteiger partial charge in [0.2, 0.25) is 0 Å². The maximum atomic E-state index is 8.53. The zero-order chi connectivity index (χ0) is 8.81. The summed E-state index contributed by atoms with van der Waals surface area (Å²) in [6.45, 7) is 2.89. The third kappa shape index (κ3) is 3.46. The van der Waals surface area contributed by atoms with Crippen molar-refractivity contribution in [1.29, 1.82) is 5.26 Å². The van der Waals surface area contributed by atoms with Crippen LogP contribution in [0.5, 0.6) is 0 Å². The number of nitrogens with zero attached hydrogens (tertiary/aromatic N) is 1. The summed E-state index contributed by atoms with van der Waals surface area (Å²) in [5.41, 5.74) is 0. The van der Waals surface area contributed by atoms with Gasteiger partial charge in [0.15, 0.2) is 0 Å². The van der Waals surface area contributed by atoms with Crippen LogP contribution in [0.25, 0.3) is 0 Å². The predicted molar refractivity (Wildman–Crippen MR) is 51.1 cm³/mol. The molecule has 0 bridgehead atoms. The number of hydrogen-bond donors (Lipinski definition) is 0. The van der Waals surface area contributed by atoms with E-state index in [0.29, 0.717) is 6.10 Å². The minimum atomic E-state index is 0.177. The number of nitriles is 1. The second kappa shape index (κ2) is 5.45. The lowest BCUT2D eigenvalue weighted by molar-refractivity contribution is 0.129. The van der Waals surface area contributed by atoms with Crippen LogP contribution in [0.1, 0.15) is 19.8 Å². The molecule has 1 aliphatic heterocycles. The summed E-state index contributed by atoms with van der Waals surface area (Å²) in [5.74, 6) is 2.18. The molecule has 3 heteroatoms. The van der Waals surface area contributed by atoms with Gasteiger partial charge < -0.3 is 4.74 Å². The summed E-state index contributed by atoms with van der Waals surface area (Å²) in [4.78, 5) is 0. The van der Waals surface area contributed by atoms with Gasteiger partial charge in [-0.2, -0.15) is 17.0 Å². The topological polar surface area (TPSA) is 33.0 Å². The smallest absolute Gasteiger partial charge is 0.0666 e. The highest BCUT2D eigenvalue weighted by molar-refractivity contribution is 7.99. The maximum Gasteiger partial charge on any atom is 0.0666 e.